The van der Waals surface area contributed by atoms with E-state index in [4.69, 9.17) is 4.74 Å². The zero-order chi connectivity index (χ0) is 14.7. The molecule has 4 nitrogen and oxygen atoms in total. The predicted molar refractivity (Wildman–Crippen MR) is 82.7 cm³/mol. The summed E-state index contributed by atoms with van der Waals surface area (Å²) in [6.07, 6.45) is 1.57. The van der Waals surface area contributed by atoms with Crippen molar-refractivity contribution < 1.29 is 4.74 Å². The first-order valence-corrected chi connectivity index (χ1v) is 6.88. The molecule has 3 aromatic rings. The maximum Gasteiger partial charge on any atom is 0.261 e. The summed E-state index contributed by atoms with van der Waals surface area (Å²) in [5.41, 5.74) is 1.84. The van der Waals surface area contributed by atoms with Crippen LogP contribution in [0.1, 0.15) is 5.56 Å². The number of hydrogen-bond acceptors (Lipinski definition) is 3. The Hall–Kier alpha value is -2.62. The van der Waals surface area contributed by atoms with Crippen molar-refractivity contribution in [2.45, 2.75) is 13.5 Å². The Morgan fingerprint density at radius 1 is 1.14 bits per heavy atom. The number of rotatable bonds is 4. The quantitative estimate of drug-likeness (QED) is 0.738. The van der Waals surface area contributed by atoms with Gasteiger partial charge in [0.1, 0.15) is 12.4 Å². The molecule has 0 radical (unpaired) electrons. The lowest BCUT2D eigenvalue weighted by Crippen LogP contribution is -2.23. The average molecular weight is 280 g/mol. The topological polar surface area (TPSA) is 44.1 Å². The molecule has 0 atom stereocenters. The van der Waals surface area contributed by atoms with Crippen LogP contribution in [0, 0.1) is 6.92 Å². The first-order valence-electron chi connectivity index (χ1n) is 6.88. The van der Waals surface area contributed by atoms with Crippen LogP contribution in [0.2, 0.25) is 0 Å². The molecule has 0 fully saturated rings. The number of aryl methyl sites for hydroxylation is 1. The van der Waals surface area contributed by atoms with Gasteiger partial charge >= 0.3 is 0 Å². The molecule has 0 aliphatic rings. The molecule has 106 valence electrons. The molecule has 0 saturated carbocycles. The molecule has 4 heteroatoms. The molecule has 2 aromatic carbocycles. The van der Waals surface area contributed by atoms with Crippen molar-refractivity contribution in [3.63, 3.8) is 0 Å². The summed E-state index contributed by atoms with van der Waals surface area (Å²) in [5.74, 6) is 0.816. The molecule has 0 aliphatic heterocycles. The van der Waals surface area contributed by atoms with E-state index in [1.54, 1.807) is 17.0 Å². The van der Waals surface area contributed by atoms with Gasteiger partial charge in [0, 0.05) is 0 Å². The summed E-state index contributed by atoms with van der Waals surface area (Å²) in [6, 6.07) is 15.2. The molecule has 1 heterocycles. The second-order valence-electron chi connectivity index (χ2n) is 4.93. The summed E-state index contributed by atoms with van der Waals surface area (Å²) in [6.45, 7) is 2.93. The van der Waals surface area contributed by atoms with E-state index in [2.05, 4.69) is 4.98 Å². The van der Waals surface area contributed by atoms with Gasteiger partial charge in [0.15, 0.2) is 0 Å². The molecular formula is C17H16N2O2. The zero-order valence-electron chi connectivity index (χ0n) is 11.8. The van der Waals surface area contributed by atoms with E-state index < -0.39 is 0 Å². The lowest BCUT2D eigenvalue weighted by atomic mass is 10.2. The Labute approximate surface area is 122 Å². The number of aromatic nitrogens is 2. The van der Waals surface area contributed by atoms with Crippen molar-refractivity contribution in [3.8, 4) is 5.75 Å². The third kappa shape index (κ3) is 2.94. The largest absolute Gasteiger partial charge is 0.492 e. The molecule has 0 amide bonds. The third-order valence-corrected chi connectivity index (χ3v) is 3.32. The summed E-state index contributed by atoms with van der Waals surface area (Å²) in [7, 11) is 0. The van der Waals surface area contributed by atoms with E-state index in [0.717, 1.165) is 16.8 Å². The highest BCUT2D eigenvalue weighted by Crippen LogP contribution is 2.12. The van der Waals surface area contributed by atoms with Gasteiger partial charge in [-0.25, -0.2) is 4.98 Å². The van der Waals surface area contributed by atoms with Crippen molar-refractivity contribution >= 4 is 10.9 Å². The fourth-order valence-corrected chi connectivity index (χ4v) is 2.23. The SMILES string of the molecule is Cc1cccc(OCCn2cnc3ccccc3c2=O)c1. The minimum atomic E-state index is -0.0338. The second kappa shape index (κ2) is 5.79. The Bertz CT molecular complexity index is 824. The van der Waals surface area contributed by atoms with Gasteiger partial charge in [-0.3, -0.25) is 9.36 Å². The first kappa shape index (κ1) is 13.4. The highest BCUT2D eigenvalue weighted by atomic mass is 16.5. The van der Waals surface area contributed by atoms with Crippen LogP contribution in [0.3, 0.4) is 0 Å². The molecule has 0 N–H and O–H groups in total. The van der Waals surface area contributed by atoms with Crippen LogP contribution in [0.15, 0.2) is 59.7 Å². The fraction of sp³-hybridized carbons (Fsp3) is 0.176. The predicted octanol–water partition coefficient (Wildman–Crippen LogP) is 2.78. The van der Waals surface area contributed by atoms with Gasteiger partial charge < -0.3 is 4.74 Å². The highest BCUT2D eigenvalue weighted by molar-refractivity contribution is 5.76. The molecule has 0 spiro atoms. The second-order valence-corrected chi connectivity index (χ2v) is 4.93. The Morgan fingerprint density at radius 3 is 2.86 bits per heavy atom. The number of ether oxygens (including phenoxy) is 1. The van der Waals surface area contributed by atoms with E-state index in [-0.39, 0.29) is 5.56 Å². The van der Waals surface area contributed by atoms with E-state index in [0.29, 0.717) is 18.5 Å². The van der Waals surface area contributed by atoms with E-state index >= 15 is 0 Å². The standard InChI is InChI=1S/C17H16N2O2/c1-13-5-4-6-14(11-13)21-10-9-19-12-18-16-8-3-2-7-15(16)17(19)20/h2-8,11-12H,9-10H2,1H3. The summed E-state index contributed by atoms with van der Waals surface area (Å²) < 4.78 is 7.25. The molecule has 0 unspecified atom stereocenters. The van der Waals surface area contributed by atoms with Crippen molar-refractivity contribution in [1.82, 2.24) is 9.55 Å². The molecule has 3 rings (SSSR count). The van der Waals surface area contributed by atoms with Crippen LogP contribution in [0.5, 0.6) is 5.75 Å². The molecule has 1 aromatic heterocycles. The van der Waals surface area contributed by atoms with Crippen LogP contribution in [-0.2, 0) is 6.54 Å². The lowest BCUT2D eigenvalue weighted by molar-refractivity contribution is 0.296. The lowest BCUT2D eigenvalue weighted by Gasteiger charge is -2.09. The van der Waals surface area contributed by atoms with Gasteiger partial charge in [0.25, 0.3) is 5.56 Å². The fourth-order valence-electron chi connectivity index (χ4n) is 2.23. The van der Waals surface area contributed by atoms with Crippen molar-refractivity contribution in [2.75, 3.05) is 6.61 Å². The molecular weight excluding hydrogens is 264 g/mol. The highest BCUT2D eigenvalue weighted by Gasteiger charge is 2.03. The average Bonchev–Trinajstić information content (AvgIpc) is 2.50. The normalized spacial score (nSPS) is 10.7. The minimum absolute atomic E-state index is 0.0338. The van der Waals surface area contributed by atoms with Crippen LogP contribution in [0.4, 0.5) is 0 Å². The summed E-state index contributed by atoms with van der Waals surface area (Å²) in [4.78, 5) is 16.6. The Balaban J connectivity index is 1.74. The van der Waals surface area contributed by atoms with Crippen LogP contribution in [-0.4, -0.2) is 16.2 Å². The van der Waals surface area contributed by atoms with Crippen LogP contribution < -0.4 is 10.3 Å². The number of fused-ring (bicyclic) bond motifs is 1. The van der Waals surface area contributed by atoms with Crippen molar-refractivity contribution in [3.05, 3.63) is 70.8 Å². The molecule has 0 bridgehead atoms. The number of benzene rings is 2. The number of hydrogen-bond donors (Lipinski definition) is 0. The molecule has 0 saturated heterocycles. The zero-order valence-corrected chi connectivity index (χ0v) is 11.8. The van der Waals surface area contributed by atoms with E-state index in [1.807, 2.05) is 49.4 Å². The van der Waals surface area contributed by atoms with E-state index in [9.17, 15) is 4.79 Å². The van der Waals surface area contributed by atoms with Crippen LogP contribution >= 0.6 is 0 Å². The van der Waals surface area contributed by atoms with Gasteiger partial charge in [-0.15, -0.1) is 0 Å². The smallest absolute Gasteiger partial charge is 0.261 e. The number of para-hydroxylation sites is 1. The molecule has 0 aliphatic carbocycles. The number of nitrogens with zero attached hydrogens (tertiary/aromatic N) is 2. The van der Waals surface area contributed by atoms with Crippen molar-refractivity contribution in [2.24, 2.45) is 0 Å². The first-order chi connectivity index (χ1) is 10.2. The maximum absolute atomic E-state index is 12.3. The summed E-state index contributed by atoms with van der Waals surface area (Å²) in [5, 5.41) is 0.635. The van der Waals surface area contributed by atoms with Gasteiger partial charge in [0.05, 0.1) is 23.8 Å². The minimum Gasteiger partial charge on any atom is -0.492 e. The van der Waals surface area contributed by atoms with Gasteiger partial charge in [-0.2, -0.15) is 0 Å². The maximum atomic E-state index is 12.3. The summed E-state index contributed by atoms with van der Waals surface area (Å²) >= 11 is 0. The van der Waals surface area contributed by atoms with Gasteiger partial charge in [0.2, 0.25) is 0 Å². The monoisotopic (exact) mass is 280 g/mol. The van der Waals surface area contributed by atoms with Gasteiger partial charge in [-0.05, 0) is 36.8 Å². The third-order valence-electron chi connectivity index (χ3n) is 3.32. The van der Waals surface area contributed by atoms with Crippen LogP contribution in [0.25, 0.3) is 10.9 Å². The van der Waals surface area contributed by atoms with Crippen molar-refractivity contribution in [1.29, 1.82) is 0 Å². The Kier molecular flexibility index (Phi) is 3.69. The van der Waals surface area contributed by atoms with Gasteiger partial charge in [-0.1, -0.05) is 24.3 Å². The molecule has 21 heavy (non-hydrogen) atoms. The Morgan fingerprint density at radius 2 is 2.00 bits per heavy atom. The van der Waals surface area contributed by atoms with E-state index in [1.165, 1.54) is 0 Å².